The number of hydrogen-bond donors (Lipinski definition) is 3. The van der Waals surface area contributed by atoms with Gasteiger partial charge in [-0.05, 0) is 55.5 Å². The number of H-pyrrole nitrogens is 1. The highest BCUT2D eigenvalue weighted by Gasteiger charge is 2.20. The molecule has 29 heavy (non-hydrogen) atoms. The maximum Gasteiger partial charge on any atom is 0.336 e. The fourth-order valence-electron chi connectivity index (χ4n) is 3.11. The van der Waals surface area contributed by atoms with Crippen LogP contribution in [0.5, 0.6) is 11.5 Å². The summed E-state index contributed by atoms with van der Waals surface area (Å²) in [6, 6.07) is 11.8. The molecule has 2 aromatic carbocycles. The molecule has 0 aliphatic carbocycles. The summed E-state index contributed by atoms with van der Waals surface area (Å²) in [6.07, 6.45) is 0. The average molecular weight is 393 g/mol. The summed E-state index contributed by atoms with van der Waals surface area (Å²) in [6.45, 7) is 2.16. The molecule has 0 atom stereocenters. The number of carboxylic acids is 1. The molecule has 0 amide bonds. The summed E-state index contributed by atoms with van der Waals surface area (Å²) in [5.41, 5.74) is 2.19. The minimum Gasteiger partial charge on any atom is -0.504 e. The van der Waals surface area contributed by atoms with Crippen LogP contribution in [-0.4, -0.2) is 38.0 Å². The van der Waals surface area contributed by atoms with Crippen LogP contribution in [0.3, 0.4) is 0 Å². The first-order valence-corrected chi connectivity index (χ1v) is 8.82. The van der Waals surface area contributed by atoms with Gasteiger partial charge in [0.05, 0.1) is 28.9 Å². The van der Waals surface area contributed by atoms with Gasteiger partial charge in [-0.3, -0.25) is 5.10 Å². The van der Waals surface area contributed by atoms with Gasteiger partial charge in [-0.25, -0.2) is 14.2 Å². The van der Waals surface area contributed by atoms with E-state index in [1.807, 2.05) is 0 Å². The molecule has 0 spiro atoms. The molecule has 2 heterocycles. The number of carbonyl (C=O) groups is 1. The minimum absolute atomic E-state index is 0.00381. The monoisotopic (exact) mass is 393 g/mol. The van der Waals surface area contributed by atoms with E-state index in [1.165, 1.54) is 36.4 Å². The zero-order valence-corrected chi connectivity index (χ0v) is 15.3. The lowest BCUT2D eigenvalue weighted by Crippen LogP contribution is -2.00. The number of fused-ring (bicyclic) bond motifs is 1. The molecular formula is C21H16FN3O4. The van der Waals surface area contributed by atoms with Crippen molar-refractivity contribution < 1.29 is 24.1 Å². The molecule has 0 fully saturated rings. The number of nitrogens with one attached hydrogen (secondary N) is 1. The summed E-state index contributed by atoms with van der Waals surface area (Å²) in [4.78, 5) is 16.4. The minimum atomic E-state index is -1.15. The van der Waals surface area contributed by atoms with Crippen LogP contribution in [0, 0.1) is 5.82 Å². The Labute approximate surface area is 164 Å². The number of nitrogens with zero attached hydrogens (tertiary/aromatic N) is 2. The van der Waals surface area contributed by atoms with E-state index in [4.69, 9.17) is 4.74 Å². The quantitative estimate of drug-likeness (QED) is 0.468. The predicted octanol–water partition coefficient (Wildman–Crippen LogP) is 4.23. The zero-order valence-electron chi connectivity index (χ0n) is 15.3. The van der Waals surface area contributed by atoms with Crippen molar-refractivity contribution in [1.29, 1.82) is 0 Å². The first kappa shape index (κ1) is 18.4. The summed E-state index contributed by atoms with van der Waals surface area (Å²) in [5, 5.41) is 27.0. The lowest BCUT2D eigenvalue weighted by molar-refractivity contribution is 0.0699. The van der Waals surface area contributed by atoms with E-state index in [0.29, 0.717) is 34.5 Å². The average Bonchev–Trinajstić information content (AvgIpc) is 3.13. The number of benzene rings is 2. The van der Waals surface area contributed by atoms with Gasteiger partial charge in [-0.2, -0.15) is 5.10 Å². The second-order valence-electron chi connectivity index (χ2n) is 6.28. The van der Waals surface area contributed by atoms with Gasteiger partial charge in [0.2, 0.25) is 0 Å². The molecule has 0 saturated heterocycles. The molecule has 0 radical (unpaired) electrons. The van der Waals surface area contributed by atoms with E-state index in [0.717, 1.165) is 0 Å². The first-order chi connectivity index (χ1) is 14.0. The Morgan fingerprint density at radius 3 is 2.55 bits per heavy atom. The third-order valence-electron chi connectivity index (χ3n) is 4.44. The maximum atomic E-state index is 13.2. The lowest BCUT2D eigenvalue weighted by atomic mass is 10.0. The van der Waals surface area contributed by atoms with Crippen molar-refractivity contribution in [2.45, 2.75) is 6.92 Å². The topological polar surface area (TPSA) is 108 Å². The van der Waals surface area contributed by atoms with E-state index in [9.17, 15) is 19.4 Å². The van der Waals surface area contributed by atoms with Gasteiger partial charge >= 0.3 is 5.97 Å². The van der Waals surface area contributed by atoms with E-state index in [1.54, 1.807) is 19.1 Å². The van der Waals surface area contributed by atoms with Crippen LogP contribution in [-0.2, 0) is 0 Å². The van der Waals surface area contributed by atoms with Crippen molar-refractivity contribution in [1.82, 2.24) is 15.2 Å². The molecule has 3 N–H and O–H groups in total. The number of phenolic OH excluding ortho intramolecular Hbond substituents is 1. The van der Waals surface area contributed by atoms with Gasteiger partial charge in [0, 0.05) is 11.1 Å². The number of pyridine rings is 1. The second-order valence-corrected chi connectivity index (χ2v) is 6.28. The molecule has 0 aliphatic rings. The standard InChI is InChI=1S/C21H16FN3O4/c1-2-29-17-9-12(5-8-16(17)26)15-10-14(21(27)28)18-19(24-25-20(18)23-15)11-3-6-13(22)7-4-11/h3-10,26H,2H2,1H3,(H,27,28)(H,23,24,25). The van der Waals surface area contributed by atoms with E-state index in [2.05, 4.69) is 15.2 Å². The molecule has 4 rings (SSSR count). The van der Waals surface area contributed by atoms with Crippen LogP contribution in [0.1, 0.15) is 17.3 Å². The predicted molar refractivity (Wildman–Crippen MR) is 105 cm³/mol. The number of aromatic carboxylic acids is 1. The summed E-state index contributed by atoms with van der Waals surface area (Å²) in [5.74, 6) is -1.28. The van der Waals surface area contributed by atoms with Gasteiger partial charge in [0.15, 0.2) is 17.1 Å². The Balaban J connectivity index is 1.90. The smallest absolute Gasteiger partial charge is 0.336 e. The number of carboxylic acid groups (broad SMARTS) is 1. The third kappa shape index (κ3) is 3.36. The Morgan fingerprint density at radius 2 is 1.86 bits per heavy atom. The van der Waals surface area contributed by atoms with Crippen LogP contribution in [0.2, 0.25) is 0 Å². The van der Waals surface area contributed by atoms with Gasteiger partial charge in [-0.15, -0.1) is 0 Å². The molecule has 4 aromatic rings. The van der Waals surface area contributed by atoms with Gasteiger partial charge < -0.3 is 14.9 Å². The number of rotatable bonds is 5. The normalized spacial score (nSPS) is 11.0. The van der Waals surface area contributed by atoms with E-state index >= 15 is 0 Å². The number of aromatic amines is 1. The molecule has 0 saturated carbocycles. The van der Waals surface area contributed by atoms with Crippen LogP contribution >= 0.6 is 0 Å². The Hall–Kier alpha value is -3.94. The van der Waals surface area contributed by atoms with Crippen molar-refractivity contribution in [2.75, 3.05) is 6.61 Å². The molecule has 7 nitrogen and oxygen atoms in total. The Morgan fingerprint density at radius 1 is 1.14 bits per heavy atom. The largest absolute Gasteiger partial charge is 0.504 e. The van der Waals surface area contributed by atoms with Crippen molar-refractivity contribution in [3.63, 3.8) is 0 Å². The van der Waals surface area contributed by atoms with Crippen LogP contribution in [0.15, 0.2) is 48.5 Å². The fourth-order valence-corrected chi connectivity index (χ4v) is 3.11. The number of aromatic nitrogens is 3. The molecule has 146 valence electrons. The number of hydrogen-bond acceptors (Lipinski definition) is 5. The zero-order chi connectivity index (χ0) is 20.5. The molecule has 0 unspecified atom stereocenters. The maximum absolute atomic E-state index is 13.2. The van der Waals surface area contributed by atoms with E-state index < -0.39 is 11.8 Å². The molecular weight excluding hydrogens is 377 g/mol. The van der Waals surface area contributed by atoms with Crippen molar-refractivity contribution in [2.24, 2.45) is 0 Å². The van der Waals surface area contributed by atoms with Crippen LogP contribution in [0.25, 0.3) is 33.5 Å². The number of ether oxygens (including phenoxy) is 1. The molecule has 0 aliphatic heterocycles. The van der Waals surface area contributed by atoms with Crippen LogP contribution < -0.4 is 4.74 Å². The van der Waals surface area contributed by atoms with Crippen molar-refractivity contribution in [3.8, 4) is 34.0 Å². The highest BCUT2D eigenvalue weighted by atomic mass is 19.1. The highest BCUT2D eigenvalue weighted by molar-refractivity contribution is 6.08. The molecule has 0 bridgehead atoms. The molecule has 8 heteroatoms. The fraction of sp³-hybridized carbons (Fsp3) is 0.0952. The SMILES string of the molecule is CCOc1cc(-c2cc(C(=O)O)c3c(-c4ccc(F)cc4)[nH]nc3n2)ccc1O. The van der Waals surface area contributed by atoms with Gasteiger partial charge in [-0.1, -0.05) is 0 Å². The highest BCUT2D eigenvalue weighted by Crippen LogP contribution is 2.34. The first-order valence-electron chi connectivity index (χ1n) is 8.82. The Bertz CT molecular complexity index is 1220. The number of phenols is 1. The van der Waals surface area contributed by atoms with Crippen molar-refractivity contribution in [3.05, 3.63) is 59.9 Å². The lowest BCUT2D eigenvalue weighted by Gasteiger charge is -2.09. The van der Waals surface area contributed by atoms with Gasteiger partial charge in [0.25, 0.3) is 0 Å². The Kier molecular flexibility index (Phi) is 4.59. The molecule has 2 aromatic heterocycles. The number of halogens is 1. The second kappa shape index (κ2) is 7.23. The van der Waals surface area contributed by atoms with Crippen molar-refractivity contribution >= 4 is 17.0 Å². The number of aromatic hydroxyl groups is 1. The van der Waals surface area contributed by atoms with Gasteiger partial charge in [0.1, 0.15) is 5.82 Å². The summed E-state index contributed by atoms with van der Waals surface area (Å²) >= 11 is 0. The summed E-state index contributed by atoms with van der Waals surface area (Å²) < 4.78 is 18.6. The van der Waals surface area contributed by atoms with Crippen LogP contribution in [0.4, 0.5) is 4.39 Å². The van der Waals surface area contributed by atoms with E-state index in [-0.39, 0.29) is 22.7 Å². The summed E-state index contributed by atoms with van der Waals surface area (Å²) in [7, 11) is 0. The third-order valence-corrected chi connectivity index (χ3v) is 4.44.